The maximum absolute atomic E-state index is 10.8. The Morgan fingerprint density at radius 1 is 1.70 bits per heavy atom. The zero-order chi connectivity index (χ0) is 7.98. The molecule has 0 aliphatic heterocycles. The van der Waals surface area contributed by atoms with E-state index in [2.05, 4.69) is 4.74 Å². The second kappa shape index (κ2) is 4.99. The van der Waals surface area contributed by atoms with Crippen LogP contribution in [0.25, 0.3) is 0 Å². The van der Waals surface area contributed by atoms with Crippen LogP contribution < -0.4 is 0 Å². The molecule has 3 heteroatoms. The van der Waals surface area contributed by atoms with E-state index in [0.29, 0.717) is 12.2 Å². The standard InChI is InChI=1S/C7H12O3/c1-3-6(5-8)7(9)10-4-2/h3,8H,4-5H2,1-2H3. The lowest BCUT2D eigenvalue weighted by molar-refractivity contribution is -0.138. The van der Waals surface area contributed by atoms with Gasteiger partial charge in [0.05, 0.1) is 18.8 Å². The zero-order valence-corrected chi connectivity index (χ0v) is 6.26. The predicted octanol–water partition coefficient (Wildman–Crippen LogP) is 0.488. The van der Waals surface area contributed by atoms with Crippen LogP contribution in [0.15, 0.2) is 11.6 Å². The second-order valence-corrected chi connectivity index (χ2v) is 1.69. The van der Waals surface area contributed by atoms with E-state index >= 15 is 0 Å². The summed E-state index contributed by atoms with van der Waals surface area (Å²) in [5.41, 5.74) is 0.307. The van der Waals surface area contributed by atoms with Crippen molar-refractivity contribution in [3.8, 4) is 0 Å². The van der Waals surface area contributed by atoms with Crippen molar-refractivity contribution in [2.24, 2.45) is 0 Å². The first kappa shape index (κ1) is 9.17. The third-order valence-corrected chi connectivity index (χ3v) is 1.06. The Morgan fingerprint density at radius 2 is 2.30 bits per heavy atom. The van der Waals surface area contributed by atoms with Gasteiger partial charge in [-0.3, -0.25) is 0 Å². The predicted molar refractivity (Wildman–Crippen MR) is 37.5 cm³/mol. The van der Waals surface area contributed by atoms with E-state index in [1.54, 1.807) is 13.8 Å². The maximum atomic E-state index is 10.8. The van der Waals surface area contributed by atoms with Crippen LogP contribution in [-0.2, 0) is 9.53 Å². The van der Waals surface area contributed by atoms with Gasteiger partial charge in [0.25, 0.3) is 0 Å². The third-order valence-electron chi connectivity index (χ3n) is 1.06. The fourth-order valence-corrected chi connectivity index (χ4v) is 0.497. The molecular weight excluding hydrogens is 132 g/mol. The van der Waals surface area contributed by atoms with Crippen LogP contribution in [0, 0.1) is 0 Å². The van der Waals surface area contributed by atoms with Crippen molar-refractivity contribution in [3.63, 3.8) is 0 Å². The minimum absolute atomic E-state index is 0.255. The fraction of sp³-hybridized carbons (Fsp3) is 0.571. The molecule has 58 valence electrons. The van der Waals surface area contributed by atoms with Gasteiger partial charge in [0.2, 0.25) is 0 Å². The van der Waals surface area contributed by atoms with Crippen LogP contribution in [0.5, 0.6) is 0 Å². The van der Waals surface area contributed by atoms with Crippen LogP contribution in [0.4, 0.5) is 0 Å². The summed E-state index contributed by atoms with van der Waals surface area (Å²) < 4.78 is 4.62. The molecule has 0 aliphatic carbocycles. The SMILES string of the molecule is CC=C(CO)C(=O)OCC. The van der Waals surface area contributed by atoms with Crippen molar-refractivity contribution in [1.82, 2.24) is 0 Å². The molecule has 0 unspecified atom stereocenters. The Morgan fingerprint density at radius 3 is 2.60 bits per heavy atom. The van der Waals surface area contributed by atoms with Gasteiger partial charge in [-0.2, -0.15) is 0 Å². The Bertz CT molecular complexity index is 138. The molecule has 0 spiro atoms. The zero-order valence-electron chi connectivity index (χ0n) is 6.26. The average Bonchev–Trinajstić information content (AvgIpc) is 1.91. The summed E-state index contributed by atoms with van der Waals surface area (Å²) in [5.74, 6) is -0.437. The summed E-state index contributed by atoms with van der Waals surface area (Å²) in [6.45, 7) is 3.50. The van der Waals surface area contributed by atoms with Crippen molar-refractivity contribution < 1.29 is 14.6 Å². The van der Waals surface area contributed by atoms with Crippen molar-refractivity contribution in [1.29, 1.82) is 0 Å². The average molecular weight is 144 g/mol. The highest BCUT2D eigenvalue weighted by molar-refractivity contribution is 5.88. The number of aliphatic hydroxyl groups is 1. The second-order valence-electron chi connectivity index (χ2n) is 1.69. The summed E-state index contributed by atoms with van der Waals surface area (Å²) in [7, 11) is 0. The van der Waals surface area contributed by atoms with Crippen LogP contribution in [0.1, 0.15) is 13.8 Å². The fourth-order valence-electron chi connectivity index (χ4n) is 0.497. The van der Waals surface area contributed by atoms with Crippen LogP contribution in [-0.4, -0.2) is 24.3 Å². The molecule has 0 saturated heterocycles. The van der Waals surface area contributed by atoms with Gasteiger partial charge in [0.15, 0.2) is 0 Å². The number of rotatable bonds is 3. The first-order chi connectivity index (χ1) is 4.76. The van der Waals surface area contributed by atoms with E-state index in [4.69, 9.17) is 5.11 Å². The van der Waals surface area contributed by atoms with Crippen molar-refractivity contribution in [3.05, 3.63) is 11.6 Å². The van der Waals surface area contributed by atoms with Gasteiger partial charge in [0, 0.05) is 0 Å². The highest BCUT2D eigenvalue weighted by Crippen LogP contribution is 1.95. The molecule has 0 aromatic carbocycles. The molecule has 0 aliphatic rings. The largest absolute Gasteiger partial charge is 0.463 e. The van der Waals surface area contributed by atoms with Gasteiger partial charge >= 0.3 is 5.97 Å². The summed E-state index contributed by atoms with van der Waals surface area (Å²) >= 11 is 0. The van der Waals surface area contributed by atoms with Gasteiger partial charge in [-0.15, -0.1) is 0 Å². The minimum atomic E-state index is -0.437. The van der Waals surface area contributed by atoms with E-state index in [1.807, 2.05) is 0 Å². The number of aliphatic hydroxyl groups excluding tert-OH is 1. The van der Waals surface area contributed by atoms with E-state index in [1.165, 1.54) is 6.08 Å². The number of ether oxygens (including phenoxy) is 1. The van der Waals surface area contributed by atoms with Crippen LogP contribution >= 0.6 is 0 Å². The highest BCUT2D eigenvalue weighted by Gasteiger charge is 2.05. The minimum Gasteiger partial charge on any atom is -0.463 e. The van der Waals surface area contributed by atoms with Gasteiger partial charge in [-0.1, -0.05) is 6.08 Å². The van der Waals surface area contributed by atoms with E-state index in [-0.39, 0.29) is 6.61 Å². The molecule has 0 aromatic rings. The number of allylic oxidation sites excluding steroid dienone is 1. The van der Waals surface area contributed by atoms with Crippen molar-refractivity contribution >= 4 is 5.97 Å². The summed E-state index contributed by atoms with van der Waals surface area (Å²) in [5, 5.41) is 8.55. The quantitative estimate of drug-likeness (QED) is 0.463. The van der Waals surface area contributed by atoms with Gasteiger partial charge in [-0.05, 0) is 13.8 Å². The third kappa shape index (κ3) is 2.64. The molecule has 0 bridgehead atoms. The molecule has 1 N–H and O–H groups in total. The molecule has 10 heavy (non-hydrogen) atoms. The first-order valence-corrected chi connectivity index (χ1v) is 3.19. The molecule has 0 atom stereocenters. The lowest BCUT2D eigenvalue weighted by Crippen LogP contribution is -2.10. The molecular formula is C7H12O3. The van der Waals surface area contributed by atoms with E-state index in [9.17, 15) is 4.79 Å². The number of hydrogen-bond acceptors (Lipinski definition) is 3. The maximum Gasteiger partial charge on any atom is 0.336 e. The van der Waals surface area contributed by atoms with E-state index < -0.39 is 5.97 Å². The molecule has 0 saturated carbocycles. The Kier molecular flexibility index (Phi) is 4.58. The number of hydrogen-bond donors (Lipinski definition) is 1. The molecule has 0 aromatic heterocycles. The molecule has 0 rings (SSSR count). The van der Waals surface area contributed by atoms with Gasteiger partial charge in [-0.25, -0.2) is 4.79 Å². The molecule has 0 amide bonds. The summed E-state index contributed by atoms with van der Waals surface area (Å²) in [4.78, 5) is 10.8. The lowest BCUT2D eigenvalue weighted by Gasteiger charge is -2.01. The number of carbonyl (C=O) groups is 1. The topological polar surface area (TPSA) is 46.5 Å². The van der Waals surface area contributed by atoms with Crippen LogP contribution in [0.2, 0.25) is 0 Å². The molecule has 0 radical (unpaired) electrons. The van der Waals surface area contributed by atoms with Gasteiger partial charge in [0.1, 0.15) is 0 Å². The monoisotopic (exact) mass is 144 g/mol. The molecule has 3 nitrogen and oxygen atoms in total. The van der Waals surface area contributed by atoms with Crippen molar-refractivity contribution in [2.75, 3.05) is 13.2 Å². The smallest absolute Gasteiger partial charge is 0.336 e. The van der Waals surface area contributed by atoms with E-state index in [0.717, 1.165) is 0 Å². The summed E-state index contributed by atoms with van der Waals surface area (Å²) in [6, 6.07) is 0. The Balaban J connectivity index is 3.91. The summed E-state index contributed by atoms with van der Waals surface area (Å²) in [6.07, 6.45) is 1.54. The Hall–Kier alpha value is -0.830. The Labute approximate surface area is 60.3 Å². The molecule has 0 heterocycles. The number of carbonyl (C=O) groups excluding carboxylic acids is 1. The highest BCUT2D eigenvalue weighted by atomic mass is 16.5. The normalized spacial score (nSPS) is 11.3. The number of esters is 1. The van der Waals surface area contributed by atoms with Gasteiger partial charge < -0.3 is 9.84 Å². The molecule has 0 fully saturated rings. The van der Waals surface area contributed by atoms with Crippen molar-refractivity contribution in [2.45, 2.75) is 13.8 Å². The first-order valence-electron chi connectivity index (χ1n) is 3.19. The van der Waals surface area contributed by atoms with Crippen LogP contribution in [0.3, 0.4) is 0 Å². The lowest BCUT2D eigenvalue weighted by atomic mass is 10.3.